The van der Waals surface area contributed by atoms with E-state index >= 15 is 0 Å². The molecule has 0 aliphatic rings. The van der Waals surface area contributed by atoms with Crippen LogP contribution in [0.1, 0.15) is 15.9 Å². The average molecular weight is 258 g/mol. The van der Waals surface area contributed by atoms with Crippen LogP contribution in [0.15, 0.2) is 48.5 Å². The molecule has 2 aromatic carbocycles. The summed E-state index contributed by atoms with van der Waals surface area (Å²) in [5.74, 6) is -0.565. The molecule has 2 N–H and O–H groups in total. The number of rotatable bonds is 4. The van der Waals surface area contributed by atoms with Crippen LogP contribution in [0.3, 0.4) is 0 Å². The third-order valence-corrected chi connectivity index (χ3v) is 2.79. The summed E-state index contributed by atoms with van der Waals surface area (Å²) in [6.07, 6.45) is 0. The predicted octanol–water partition coefficient (Wildman–Crippen LogP) is 1.95. The summed E-state index contributed by atoms with van der Waals surface area (Å²) in [6, 6.07) is 14.3. The smallest absolute Gasteiger partial charge is 0.340 e. The van der Waals surface area contributed by atoms with Gasteiger partial charge in [-0.2, -0.15) is 0 Å². The van der Waals surface area contributed by atoms with Crippen molar-refractivity contribution in [3.8, 4) is 11.1 Å². The van der Waals surface area contributed by atoms with Gasteiger partial charge < -0.3 is 14.9 Å². The van der Waals surface area contributed by atoms with E-state index in [-0.39, 0.29) is 6.61 Å². The molecular weight excluding hydrogens is 244 g/mol. The first-order chi connectivity index (χ1) is 9.26. The van der Waals surface area contributed by atoms with Crippen molar-refractivity contribution in [3.05, 3.63) is 59.7 Å². The summed E-state index contributed by atoms with van der Waals surface area (Å²) in [5, 5.41) is 17.7. The largest absolute Gasteiger partial charge is 0.435 e. The van der Waals surface area contributed by atoms with Crippen LogP contribution in [0, 0.1) is 0 Å². The van der Waals surface area contributed by atoms with Gasteiger partial charge >= 0.3 is 5.97 Å². The molecule has 0 aliphatic heterocycles. The second kappa shape index (κ2) is 6.13. The van der Waals surface area contributed by atoms with Gasteiger partial charge in [0.2, 0.25) is 0 Å². The Morgan fingerprint density at radius 3 is 2.32 bits per heavy atom. The number of carbonyl (C=O) groups excluding carboxylic acids is 1. The van der Waals surface area contributed by atoms with Crippen molar-refractivity contribution in [2.24, 2.45) is 0 Å². The van der Waals surface area contributed by atoms with E-state index in [1.807, 2.05) is 24.3 Å². The van der Waals surface area contributed by atoms with Crippen molar-refractivity contribution in [2.45, 2.75) is 6.61 Å². The zero-order valence-electron chi connectivity index (χ0n) is 10.2. The van der Waals surface area contributed by atoms with Gasteiger partial charge in [0.25, 0.3) is 0 Å². The van der Waals surface area contributed by atoms with Gasteiger partial charge in [-0.25, -0.2) is 4.79 Å². The van der Waals surface area contributed by atoms with Crippen molar-refractivity contribution in [1.29, 1.82) is 0 Å². The van der Waals surface area contributed by atoms with Crippen molar-refractivity contribution in [3.63, 3.8) is 0 Å². The van der Waals surface area contributed by atoms with Gasteiger partial charge in [-0.3, -0.25) is 0 Å². The molecule has 0 unspecified atom stereocenters. The Kier molecular flexibility index (Phi) is 4.28. The predicted molar refractivity (Wildman–Crippen MR) is 70.3 cm³/mol. The van der Waals surface area contributed by atoms with Gasteiger partial charge in [0.15, 0.2) is 6.79 Å². The van der Waals surface area contributed by atoms with Gasteiger partial charge in [-0.1, -0.05) is 42.5 Å². The van der Waals surface area contributed by atoms with Crippen LogP contribution in [0.5, 0.6) is 0 Å². The monoisotopic (exact) mass is 258 g/mol. The summed E-state index contributed by atoms with van der Waals surface area (Å²) < 4.78 is 4.61. The SMILES string of the molecule is O=C(OCO)c1ccccc1-c1ccc(CO)cc1. The van der Waals surface area contributed by atoms with Gasteiger partial charge in [0, 0.05) is 0 Å². The molecule has 0 bridgehead atoms. The minimum atomic E-state index is -0.642. The van der Waals surface area contributed by atoms with E-state index in [1.54, 1.807) is 24.3 Å². The molecule has 19 heavy (non-hydrogen) atoms. The third-order valence-electron chi connectivity index (χ3n) is 2.79. The summed E-state index contributed by atoms with van der Waals surface area (Å²) in [4.78, 5) is 11.7. The highest BCUT2D eigenvalue weighted by Crippen LogP contribution is 2.24. The van der Waals surface area contributed by atoms with Crippen molar-refractivity contribution < 1.29 is 19.7 Å². The Bertz CT molecular complexity index is 561. The summed E-state index contributed by atoms with van der Waals surface area (Å²) >= 11 is 0. The molecule has 4 nitrogen and oxygen atoms in total. The van der Waals surface area contributed by atoms with Crippen molar-refractivity contribution >= 4 is 5.97 Å². The maximum atomic E-state index is 11.7. The van der Waals surface area contributed by atoms with E-state index in [4.69, 9.17) is 10.2 Å². The molecule has 0 amide bonds. The van der Waals surface area contributed by atoms with Gasteiger partial charge in [0.05, 0.1) is 12.2 Å². The quantitative estimate of drug-likeness (QED) is 0.649. The number of hydrogen-bond donors (Lipinski definition) is 2. The number of carbonyl (C=O) groups is 1. The highest BCUT2D eigenvalue weighted by Gasteiger charge is 2.13. The molecule has 0 saturated carbocycles. The molecule has 98 valence electrons. The molecule has 0 aliphatic carbocycles. The highest BCUT2D eigenvalue weighted by atomic mass is 16.6. The molecule has 0 heterocycles. The van der Waals surface area contributed by atoms with E-state index in [1.165, 1.54) is 0 Å². The molecule has 0 spiro atoms. The number of esters is 1. The maximum Gasteiger partial charge on any atom is 0.340 e. The minimum Gasteiger partial charge on any atom is -0.435 e. The lowest BCUT2D eigenvalue weighted by molar-refractivity contribution is 0.00692. The molecule has 0 fully saturated rings. The summed E-state index contributed by atoms with van der Waals surface area (Å²) in [6.45, 7) is -0.662. The molecule has 4 heteroatoms. The topological polar surface area (TPSA) is 66.8 Å². The number of aliphatic hydroxyl groups excluding tert-OH is 2. The maximum absolute atomic E-state index is 11.7. The van der Waals surface area contributed by atoms with Gasteiger partial charge in [-0.05, 0) is 22.8 Å². The number of ether oxygens (including phenoxy) is 1. The van der Waals surface area contributed by atoms with Gasteiger partial charge in [0.1, 0.15) is 0 Å². The fraction of sp³-hybridized carbons (Fsp3) is 0.133. The van der Waals surface area contributed by atoms with Crippen molar-refractivity contribution in [2.75, 3.05) is 6.79 Å². The van der Waals surface area contributed by atoms with E-state index < -0.39 is 12.8 Å². The van der Waals surface area contributed by atoms with E-state index in [9.17, 15) is 4.79 Å². The lowest BCUT2D eigenvalue weighted by Gasteiger charge is -2.09. The molecule has 2 aromatic rings. The van der Waals surface area contributed by atoms with E-state index in [0.29, 0.717) is 5.56 Å². The third kappa shape index (κ3) is 2.99. The first-order valence-corrected chi connectivity index (χ1v) is 5.83. The number of hydrogen-bond acceptors (Lipinski definition) is 4. The van der Waals surface area contributed by atoms with E-state index in [0.717, 1.165) is 16.7 Å². The number of aliphatic hydroxyl groups is 2. The fourth-order valence-electron chi connectivity index (χ4n) is 1.84. The van der Waals surface area contributed by atoms with Crippen LogP contribution in [-0.2, 0) is 11.3 Å². The van der Waals surface area contributed by atoms with Gasteiger partial charge in [-0.15, -0.1) is 0 Å². The van der Waals surface area contributed by atoms with Crippen molar-refractivity contribution in [1.82, 2.24) is 0 Å². The zero-order valence-corrected chi connectivity index (χ0v) is 10.2. The minimum absolute atomic E-state index is 0.0194. The second-order valence-corrected chi connectivity index (χ2v) is 3.96. The Morgan fingerprint density at radius 1 is 1.00 bits per heavy atom. The molecule has 2 rings (SSSR count). The fourth-order valence-corrected chi connectivity index (χ4v) is 1.84. The van der Waals surface area contributed by atoms with E-state index in [2.05, 4.69) is 4.74 Å². The number of benzene rings is 2. The molecule has 0 saturated heterocycles. The Labute approximate surface area is 110 Å². The standard InChI is InChI=1S/C15H14O4/c16-9-11-5-7-12(8-6-11)13-3-1-2-4-14(13)15(18)19-10-17/h1-8,16-17H,9-10H2. The van der Waals surface area contributed by atoms with Crippen LogP contribution in [0.4, 0.5) is 0 Å². The van der Waals surface area contributed by atoms with Crippen LogP contribution in [-0.4, -0.2) is 23.0 Å². The summed E-state index contributed by atoms with van der Waals surface area (Å²) in [7, 11) is 0. The molecule has 0 aromatic heterocycles. The van der Waals surface area contributed by atoms with Crippen LogP contribution in [0.2, 0.25) is 0 Å². The molecule has 0 atom stereocenters. The lowest BCUT2D eigenvalue weighted by Crippen LogP contribution is -2.07. The average Bonchev–Trinajstić information content (AvgIpc) is 2.47. The van der Waals surface area contributed by atoms with Crippen LogP contribution in [0.25, 0.3) is 11.1 Å². The Morgan fingerprint density at radius 2 is 1.68 bits per heavy atom. The second-order valence-electron chi connectivity index (χ2n) is 3.96. The molecular formula is C15H14O4. The van der Waals surface area contributed by atoms with Crippen LogP contribution >= 0.6 is 0 Å². The Balaban J connectivity index is 2.40. The normalized spacial score (nSPS) is 10.2. The molecule has 0 radical (unpaired) electrons. The zero-order chi connectivity index (χ0) is 13.7. The first kappa shape index (κ1) is 13.3. The first-order valence-electron chi connectivity index (χ1n) is 5.83. The Hall–Kier alpha value is -2.17. The van der Waals surface area contributed by atoms with Crippen LogP contribution < -0.4 is 0 Å². The highest BCUT2D eigenvalue weighted by molar-refractivity contribution is 5.97. The summed E-state index contributed by atoms with van der Waals surface area (Å²) in [5.41, 5.74) is 2.78. The lowest BCUT2D eigenvalue weighted by atomic mass is 9.99.